The lowest BCUT2D eigenvalue weighted by molar-refractivity contribution is 0.0998. The van der Waals surface area contributed by atoms with Gasteiger partial charge in [0.25, 0.3) is 5.91 Å². The maximum atomic E-state index is 12.2. The van der Waals surface area contributed by atoms with E-state index in [1.807, 2.05) is 30.3 Å². The van der Waals surface area contributed by atoms with Gasteiger partial charge in [0.05, 0.1) is 10.5 Å². The molecule has 0 aliphatic heterocycles. The maximum absolute atomic E-state index is 12.2. The van der Waals surface area contributed by atoms with Gasteiger partial charge in [-0.15, -0.1) is 0 Å². The van der Waals surface area contributed by atoms with E-state index in [9.17, 15) is 18.3 Å². The molecule has 3 aromatic carbocycles. The van der Waals surface area contributed by atoms with Crippen molar-refractivity contribution in [3.63, 3.8) is 0 Å². The van der Waals surface area contributed by atoms with Gasteiger partial charge < -0.3 is 10.8 Å². The highest BCUT2D eigenvalue weighted by Gasteiger charge is 2.19. The highest BCUT2D eigenvalue weighted by atomic mass is 32.2. The van der Waals surface area contributed by atoms with Crippen molar-refractivity contribution in [2.75, 3.05) is 14.1 Å². The molecule has 0 fully saturated rings. The summed E-state index contributed by atoms with van der Waals surface area (Å²) < 4.78 is 25.6. The molecule has 0 atom stereocenters. The quantitative estimate of drug-likeness (QED) is 0.692. The average Bonchev–Trinajstić information content (AvgIpc) is 2.68. The molecule has 144 valence electrons. The third-order valence-electron chi connectivity index (χ3n) is 4.43. The Labute approximate surface area is 163 Å². The van der Waals surface area contributed by atoms with E-state index in [1.54, 1.807) is 24.3 Å². The monoisotopic (exact) mass is 396 g/mol. The number of amides is 1. The highest BCUT2D eigenvalue weighted by Crippen LogP contribution is 2.37. The van der Waals surface area contributed by atoms with E-state index in [0.29, 0.717) is 16.7 Å². The normalized spacial score (nSPS) is 11.5. The zero-order valence-corrected chi connectivity index (χ0v) is 16.3. The van der Waals surface area contributed by atoms with Gasteiger partial charge in [0.1, 0.15) is 5.75 Å². The standard InChI is InChI=1S/C21H20N2O4S/c1-23(2)28(26,27)17-10-8-15(9-11-17)18-12-16(14-6-4-3-5-7-14)13-19(20(18)24)21(22)25/h3-13,24H,1-2H3,(H2,22,25). The van der Waals surface area contributed by atoms with E-state index in [1.165, 1.54) is 26.2 Å². The molecule has 1 amide bonds. The summed E-state index contributed by atoms with van der Waals surface area (Å²) in [5, 5.41) is 10.6. The number of carbonyl (C=O) groups excluding carboxylic acids is 1. The first kappa shape index (κ1) is 19.6. The molecule has 0 heterocycles. The summed E-state index contributed by atoms with van der Waals surface area (Å²) in [5.74, 6) is -0.987. The van der Waals surface area contributed by atoms with Gasteiger partial charge in [-0.3, -0.25) is 4.79 Å². The summed E-state index contributed by atoms with van der Waals surface area (Å²) in [6, 6.07) is 18.8. The molecule has 28 heavy (non-hydrogen) atoms. The topological polar surface area (TPSA) is 101 Å². The van der Waals surface area contributed by atoms with Gasteiger partial charge >= 0.3 is 0 Å². The van der Waals surface area contributed by atoms with Crippen LogP contribution < -0.4 is 5.73 Å². The molecular formula is C21H20N2O4S. The van der Waals surface area contributed by atoms with Crippen LogP contribution in [0.1, 0.15) is 10.4 Å². The predicted molar refractivity (Wildman–Crippen MR) is 108 cm³/mol. The zero-order valence-electron chi connectivity index (χ0n) is 15.5. The average molecular weight is 396 g/mol. The molecule has 0 saturated heterocycles. The largest absolute Gasteiger partial charge is 0.506 e. The van der Waals surface area contributed by atoms with Gasteiger partial charge in [-0.05, 0) is 41.0 Å². The van der Waals surface area contributed by atoms with Crippen LogP contribution in [0.3, 0.4) is 0 Å². The first-order chi connectivity index (χ1) is 13.2. The van der Waals surface area contributed by atoms with Crippen LogP contribution in [0.2, 0.25) is 0 Å². The Balaban J connectivity index is 2.16. The number of carbonyl (C=O) groups is 1. The minimum absolute atomic E-state index is 0.00124. The number of sulfonamides is 1. The second kappa shape index (κ2) is 7.46. The number of hydrogen-bond acceptors (Lipinski definition) is 4. The first-order valence-electron chi connectivity index (χ1n) is 8.47. The molecule has 0 aliphatic rings. The van der Waals surface area contributed by atoms with Crippen molar-refractivity contribution in [1.82, 2.24) is 4.31 Å². The molecule has 0 aromatic heterocycles. The lowest BCUT2D eigenvalue weighted by Crippen LogP contribution is -2.22. The molecule has 6 nitrogen and oxygen atoms in total. The van der Waals surface area contributed by atoms with Crippen molar-refractivity contribution in [2.24, 2.45) is 5.73 Å². The summed E-state index contributed by atoms with van der Waals surface area (Å²) in [6.45, 7) is 0. The number of primary amides is 1. The summed E-state index contributed by atoms with van der Waals surface area (Å²) in [5.41, 5.74) is 7.97. The van der Waals surface area contributed by atoms with Gasteiger partial charge in [0, 0.05) is 19.7 Å². The van der Waals surface area contributed by atoms with Crippen LogP contribution in [0.25, 0.3) is 22.3 Å². The molecule has 3 N–H and O–H groups in total. The fourth-order valence-corrected chi connectivity index (χ4v) is 3.76. The lowest BCUT2D eigenvalue weighted by atomic mass is 9.94. The fourth-order valence-electron chi connectivity index (χ4n) is 2.86. The van der Waals surface area contributed by atoms with Gasteiger partial charge in [-0.25, -0.2) is 12.7 Å². The Morgan fingerprint density at radius 3 is 2.04 bits per heavy atom. The molecule has 0 aliphatic carbocycles. The van der Waals surface area contributed by atoms with Crippen molar-refractivity contribution in [3.05, 3.63) is 72.3 Å². The number of aromatic hydroxyl groups is 1. The van der Waals surface area contributed by atoms with Crippen molar-refractivity contribution in [3.8, 4) is 28.0 Å². The molecule has 3 rings (SSSR count). The smallest absolute Gasteiger partial charge is 0.252 e. The summed E-state index contributed by atoms with van der Waals surface area (Å²) in [4.78, 5) is 12.0. The van der Waals surface area contributed by atoms with Crippen LogP contribution in [0.4, 0.5) is 0 Å². The van der Waals surface area contributed by atoms with E-state index >= 15 is 0 Å². The van der Waals surface area contributed by atoms with Crippen molar-refractivity contribution in [2.45, 2.75) is 4.90 Å². The maximum Gasteiger partial charge on any atom is 0.252 e. The Hall–Kier alpha value is -3.16. The molecule has 0 spiro atoms. The Morgan fingerprint density at radius 1 is 0.893 bits per heavy atom. The van der Waals surface area contributed by atoms with E-state index < -0.39 is 15.9 Å². The number of phenols is 1. The first-order valence-corrected chi connectivity index (χ1v) is 9.91. The lowest BCUT2D eigenvalue weighted by Gasteiger charge is -2.14. The Morgan fingerprint density at radius 2 is 1.50 bits per heavy atom. The third-order valence-corrected chi connectivity index (χ3v) is 6.26. The second-order valence-electron chi connectivity index (χ2n) is 6.46. The minimum atomic E-state index is -3.56. The van der Waals surface area contributed by atoms with E-state index in [2.05, 4.69) is 0 Å². The minimum Gasteiger partial charge on any atom is -0.506 e. The Kier molecular flexibility index (Phi) is 5.22. The Bertz CT molecular complexity index is 1120. The number of hydrogen-bond donors (Lipinski definition) is 2. The number of nitrogens with two attached hydrogens (primary N) is 1. The molecule has 0 radical (unpaired) electrons. The number of benzene rings is 3. The van der Waals surface area contributed by atoms with Crippen LogP contribution in [0.5, 0.6) is 5.75 Å². The van der Waals surface area contributed by atoms with Gasteiger partial charge in [0.15, 0.2) is 0 Å². The van der Waals surface area contributed by atoms with Crippen LogP contribution in [0, 0.1) is 0 Å². The predicted octanol–water partition coefficient (Wildman–Crippen LogP) is 3.08. The fraction of sp³-hybridized carbons (Fsp3) is 0.0952. The molecule has 0 bridgehead atoms. The van der Waals surface area contributed by atoms with E-state index in [-0.39, 0.29) is 16.2 Å². The molecule has 0 saturated carbocycles. The summed E-state index contributed by atoms with van der Waals surface area (Å²) in [7, 11) is -0.650. The van der Waals surface area contributed by atoms with Crippen molar-refractivity contribution >= 4 is 15.9 Å². The third kappa shape index (κ3) is 3.62. The number of nitrogens with zero attached hydrogens (tertiary/aromatic N) is 1. The van der Waals surface area contributed by atoms with Crippen LogP contribution >= 0.6 is 0 Å². The highest BCUT2D eigenvalue weighted by molar-refractivity contribution is 7.89. The van der Waals surface area contributed by atoms with Gasteiger partial charge in [-0.2, -0.15) is 0 Å². The van der Waals surface area contributed by atoms with Crippen LogP contribution in [0.15, 0.2) is 71.6 Å². The van der Waals surface area contributed by atoms with Crippen LogP contribution in [-0.2, 0) is 10.0 Å². The molecule has 3 aromatic rings. The van der Waals surface area contributed by atoms with Gasteiger partial charge in [-0.1, -0.05) is 42.5 Å². The van der Waals surface area contributed by atoms with Crippen molar-refractivity contribution in [1.29, 1.82) is 0 Å². The van der Waals surface area contributed by atoms with E-state index in [0.717, 1.165) is 9.87 Å². The van der Waals surface area contributed by atoms with E-state index in [4.69, 9.17) is 5.73 Å². The SMILES string of the molecule is CN(C)S(=O)(=O)c1ccc(-c2cc(-c3ccccc3)cc(C(N)=O)c2O)cc1. The molecule has 7 heteroatoms. The van der Waals surface area contributed by atoms with Crippen LogP contribution in [-0.4, -0.2) is 37.8 Å². The molecular weight excluding hydrogens is 376 g/mol. The zero-order chi connectivity index (χ0) is 20.5. The summed E-state index contributed by atoms with van der Waals surface area (Å²) >= 11 is 0. The van der Waals surface area contributed by atoms with Gasteiger partial charge in [0.2, 0.25) is 10.0 Å². The second-order valence-corrected chi connectivity index (χ2v) is 8.61. The summed E-state index contributed by atoms with van der Waals surface area (Å²) in [6.07, 6.45) is 0. The molecule has 0 unspecified atom stereocenters. The number of rotatable bonds is 5. The van der Waals surface area contributed by atoms with Crippen molar-refractivity contribution < 1.29 is 18.3 Å².